The summed E-state index contributed by atoms with van der Waals surface area (Å²) in [5.74, 6) is -0.442. The van der Waals surface area contributed by atoms with Crippen LogP contribution in [0.25, 0.3) is 0 Å². The number of methoxy groups -OCH3 is 1. The summed E-state index contributed by atoms with van der Waals surface area (Å²) in [5, 5.41) is 2.24. The number of amides is 1. The lowest BCUT2D eigenvalue weighted by atomic mass is 10.2. The highest BCUT2D eigenvalue weighted by atomic mass is 16.5. The first-order chi connectivity index (χ1) is 9.01. The van der Waals surface area contributed by atoms with E-state index in [0.29, 0.717) is 6.41 Å². The van der Waals surface area contributed by atoms with E-state index in [1.807, 2.05) is 13.8 Å². The standard InChI is InChI=1S/C8H10.C5H9NO3.C2H6/c1-7-4-3-5-8(2)6-7;1-4(6-3-7)5(8)9-2;1-2/h3-6H,1-2H3;3-4H,1-2H3,(H,6,7);1-2H3/t;4-;/m.0./s1. The van der Waals surface area contributed by atoms with Crippen LogP contribution < -0.4 is 5.32 Å². The molecule has 1 aromatic carbocycles. The van der Waals surface area contributed by atoms with Gasteiger partial charge in [0.05, 0.1) is 7.11 Å². The van der Waals surface area contributed by atoms with Gasteiger partial charge >= 0.3 is 5.97 Å². The molecule has 0 bridgehead atoms. The zero-order chi connectivity index (χ0) is 15.3. The molecule has 0 saturated carbocycles. The Morgan fingerprint density at radius 2 is 1.74 bits per heavy atom. The van der Waals surface area contributed by atoms with E-state index in [1.165, 1.54) is 18.2 Å². The summed E-state index contributed by atoms with van der Waals surface area (Å²) in [6.07, 6.45) is 0.460. The van der Waals surface area contributed by atoms with Gasteiger partial charge in [-0.1, -0.05) is 49.2 Å². The second-order valence-corrected chi connectivity index (χ2v) is 3.69. The summed E-state index contributed by atoms with van der Waals surface area (Å²) >= 11 is 0. The van der Waals surface area contributed by atoms with Crippen molar-refractivity contribution in [2.75, 3.05) is 7.11 Å². The van der Waals surface area contributed by atoms with Crippen LogP contribution in [0.3, 0.4) is 0 Å². The van der Waals surface area contributed by atoms with Crippen LogP contribution >= 0.6 is 0 Å². The molecule has 0 spiro atoms. The molecule has 0 heterocycles. The molecule has 4 nitrogen and oxygen atoms in total. The molecule has 0 saturated heterocycles. The van der Waals surface area contributed by atoms with Gasteiger partial charge < -0.3 is 10.1 Å². The first kappa shape index (κ1) is 19.5. The van der Waals surface area contributed by atoms with Crippen LogP contribution in [0.15, 0.2) is 24.3 Å². The van der Waals surface area contributed by atoms with Crippen molar-refractivity contribution in [3.63, 3.8) is 0 Å². The first-order valence-corrected chi connectivity index (χ1v) is 6.32. The maximum Gasteiger partial charge on any atom is 0.328 e. The van der Waals surface area contributed by atoms with Gasteiger partial charge in [-0.3, -0.25) is 4.79 Å². The van der Waals surface area contributed by atoms with Crippen molar-refractivity contribution in [2.24, 2.45) is 0 Å². The molecule has 0 aliphatic carbocycles. The highest BCUT2D eigenvalue weighted by molar-refractivity contribution is 5.77. The molecule has 1 amide bonds. The van der Waals surface area contributed by atoms with E-state index in [-0.39, 0.29) is 0 Å². The van der Waals surface area contributed by atoms with Crippen LogP contribution in [0.4, 0.5) is 0 Å². The molecule has 1 N–H and O–H groups in total. The first-order valence-electron chi connectivity index (χ1n) is 6.32. The highest BCUT2D eigenvalue weighted by Crippen LogP contribution is 2.00. The zero-order valence-corrected chi connectivity index (χ0v) is 12.7. The second-order valence-electron chi connectivity index (χ2n) is 3.69. The lowest BCUT2D eigenvalue weighted by Crippen LogP contribution is -2.33. The number of aryl methyl sites for hydroxylation is 2. The van der Waals surface area contributed by atoms with Crippen LogP contribution in [0, 0.1) is 13.8 Å². The van der Waals surface area contributed by atoms with Crippen molar-refractivity contribution in [1.29, 1.82) is 0 Å². The third-order valence-electron chi connectivity index (χ3n) is 2.05. The lowest BCUT2D eigenvalue weighted by molar-refractivity contribution is -0.143. The minimum Gasteiger partial charge on any atom is -0.467 e. The number of hydrogen-bond donors (Lipinski definition) is 1. The van der Waals surface area contributed by atoms with E-state index in [2.05, 4.69) is 48.2 Å². The van der Waals surface area contributed by atoms with Crippen LogP contribution in [0.5, 0.6) is 0 Å². The average molecular weight is 267 g/mol. The van der Waals surface area contributed by atoms with Gasteiger partial charge in [0.15, 0.2) is 0 Å². The van der Waals surface area contributed by atoms with Gasteiger partial charge in [-0.05, 0) is 20.8 Å². The molecule has 0 aromatic heterocycles. The summed E-state index contributed by atoms with van der Waals surface area (Å²) in [4.78, 5) is 20.2. The van der Waals surface area contributed by atoms with Gasteiger partial charge in [0.25, 0.3) is 0 Å². The summed E-state index contributed by atoms with van der Waals surface area (Å²) in [6.45, 7) is 9.75. The molecule has 0 unspecified atom stereocenters. The van der Waals surface area contributed by atoms with E-state index in [1.54, 1.807) is 6.92 Å². The van der Waals surface area contributed by atoms with Crippen molar-refractivity contribution < 1.29 is 14.3 Å². The minimum atomic E-state index is -0.549. The predicted molar refractivity (Wildman–Crippen MR) is 77.9 cm³/mol. The fraction of sp³-hybridized carbons (Fsp3) is 0.467. The van der Waals surface area contributed by atoms with Crippen molar-refractivity contribution in [3.05, 3.63) is 35.4 Å². The molecular formula is C15H25NO3. The van der Waals surface area contributed by atoms with Crippen molar-refractivity contribution in [3.8, 4) is 0 Å². The number of rotatable bonds is 3. The molecule has 19 heavy (non-hydrogen) atoms. The second kappa shape index (κ2) is 12.6. The minimum absolute atomic E-state index is 0.442. The SMILES string of the molecule is CC.COC(=O)[C@H](C)NC=O.Cc1cccc(C)c1. The van der Waals surface area contributed by atoms with Crippen LogP contribution in [-0.2, 0) is 14.3 Å². The normalized spacial score (nSPS) is 9.79. The number of carbonyl (C=O) groups excluding carboxylic acids is 2. The van der Waals surface area contributed by atoms with Gasteiger partial charge in [-0.25, -0.2) is 4.79 Å². The Morgan fingerprint density at radius 3 is 2.00 bits per heavy atom. The van der Waals surface area contributed by atoms with Crippen LogP contribution in [0.2, 0.25) is 0 Å². The molecule has 108 valence electrons. The summed E-state index contributed by atoms with van der Waals surface area (Å²) in [5.41, 5.74) is 2.68. The molecule has 4 heteroatoms. The highest BCUT2D eigenvalue weighted by Gasteiger charge is 2.09. The maximum atomic E-state index is 10.5. The predicted octanol–water partition coefficient (Wildman–Crippen LogP) is 2.62. The van der Waals surface area contributed by atoms with Gasteiger partial charge in [0, 0.05) is 0 Å². The summed E-state index contributed by atoms with van der Waals surface area (Å²) in [6, 6.07) is 7.90. The quantitative estimate of drug-likeness (QED) is 0.676. The van der Waals surface area contributed by atoms with Gasteiger partial charge in [0.1, 0.15) is 6.04 Å². The largest absolute Gasteiger partial charge is 0.467 e. The van der Waals surface area contributed by atoms with Crippen molar-refractivity contribution in [2.45, 2.75) is 40.7 Å². The fourth-order valence-corrected chi connectivity index (χ4v) is 1.15. The third kappa shape index (κ3) is 11.0. The number of ether oxygens (including phenoxy) is 1. The Bertz CT molecular complexity index is 347. The average Bonchev–Trinajstić information content (AvgIpc) is 2.41. The fourth-order valence-electron chi connectivity index (χ4n) is 1.15. The molecule has 0 fully saturated rings. The van der Waals surface area contributed by atoms with E-state index in [9.17, 15) is 9.59 Å². The summed E-state index contributed by atoms with van der Waals surface area (Å²) in [7, 11) is 1.27. The van der Waals surface area contributed by atoms with E-state index in [4.69, 9.17) is 0 Å². The van der Waals surface area contributed by atoms with Gasteiger partial charge in [-0.2, -0.15) is 0 Å². The number of benzene rings is 1. The third-order valence-corrected chi connectivity index (χ3v) is 2.05. The van der Waals surface area contributed by atoms with Gasteiger partial charge in [0.2, 0.25) is 6.41 Å². The molecule has 0 radical (unpaired) electrons. The van der Waals surface area contributed by atoms with Crippen LogP contribution in [-0.4, -0.2) is 25.5 Å². The molecule has 1 atom stereocenters. The molecule has 0 aliphatic rings. The van der Waals surface area contributed by atoms with E-state index in [0.717, 1.165) is 0 Å². The number of esters is 1. The number of carbonyl (C=O) groups is 2. The van der Waals surface area contributed by atoms with E-state index >= 15 is 0 Å². The Kier molecular flexibility index (Phi) is 12.9. The molecule has 1 aromatic rings. The van der Waals surface area contributed by atoms with Gasteiger partial charge in [-0.15, -0.1) is 0 Å². The Morgan fingerprint density at radius 1 is 1.26 bits per heavy atom. The Labute approximate surface area is 116 Å². The monoisotopic (exact) mass is 267 g/mol. The molecule has 1 rings (SSSR count). The molecular weight excluding hydrogens is 242 g/mol. The van der Waals surface area contributed by atoms with Crippen LogP contribution in [0.1, 0.15) is 31.9 Å². The number of nitrogens with one attached hydrogen (secondary N) is 1. The van der Waals surface area contributed by atoms with E-state index < -0.39 is 12.0 Å². The number of hydrogen-bond acceptors (Lipinski definition) is 3. The molecule has 0 aliphatic heterocycles. The Hall–Kier alpha value is -1.84. The Balaban J connectivity index is 0. The van der Waals surface area contributed by atoms with Crippen molar-refractivity contribution in [1.82, 2.24) is 5.32 Å². The van der Waals surface area contributed by atoms with Crippen molar-refractivity contribution >= 4 is 12.4 Å². The lowest BCUT2D eigenvalue weighted by Gasteiger charge is -2.05. The maximum absolute atomic E-state index is 10.5. The summed E-state index contributed by atoms with van der Waals surface area (Å²) < 4.78 is 4.30. The zero-order valence-electron chi connectivity index (χ0n) is 12.7. The topological polar surface area (TPSA) is 55.4 Å². The smallest absolute Gasteiger partial charge is 0.328 e.